The molecule has 0 amide bonds. The van der Waals surface area contributed by atoms with Gasteiger partial charge in [-0.25, -0.2) is 18.1 Å². The van der Waals surface area contributed by atoms with Crippen LogP contribution in [0.25, 0.3) is 10.9 Å². The number of ether oxygens (including phenoxy) is 1. The SMILES string of the molecule is O=S(=O)(NCC1CCC(CNc2nc(N3CCOCC3)c3ccccc3n2)CC1)c1cc(Cl)cc(Cl)c1. The van der Waals surface area contributed by atoms with Crippen LogP contribution in [0.15, 0.2) is 47.4 Å². The molecule has 0 spiro atoms. The Morgan fingerprint density at radius 2 is 1.57 bits per heavy atom. The molecule has 0 atom stereocenters. The maximum absolute atomic E-state index is 12.7. The molecule has 3 aromatic rings. The average molecular weight is 565 g/mol. The minimum atomic E-state index is -3.66. The summed E-state index contributed by atoms with van der Waals surface area (Å²) in [5.41, 5.74) is 0.929. The second-order valence-corrected chi connectivity index (χ2v) is 12.4. The number of anilines is 2. The number of fused-ring (bicyclic) bond motifs is 1. The summed E-state index contributed by atoms with van der Waals surface area (Å²) in [4.78, 5) is 12.0. The summed E-state index contributed by atoms with van der Waals surface area (Å²) in [6.45, 7) is 4.24. The zero-order valence-corrected chi connectivity index (χ0v) is 22.8. The molecular weight excluding hydrogens is 533 g/mol. The number of benzene rings is 2. The molecule has 198 valence electrons. The Morgan fingerprint density at radius 1 is 0.919 bits per heavy atom. The van der Waals surface area contributed by atoms with Crippen LogP contribution < -0.4 is 14.9 Å². The van der Waals surface area contributed by atoms with Gasteiger partial charge < -0.3 is 15.0 Å². The molecule has 2 heterocycles. The first-order valence-corrected chi connectivity index (χ1v) is 14.9. The number of sulfonamides is 1. The van der Waals surface area contributed by atoms with Crippen LogP contribution in [0.5, 0.6) is 0 Å². The Bertz CT molecular complexity index is 1320. The van der Waals surface area contributed by atoms with Crippen LogP contribution in [-0.2, 0) is 14.8 Å². The third-order valence-corrected chi connectivity index (χ3v) is 8.96. The van der Waals surface area contributed by atoms with Crippen LogP contribution in [0.4, 0.5) is 11.8 Å². The topological polar surface area (TPSA) is 96.5 Å². The fraction of sp³-hybridized carbons (Fsp3) is 0.462. The second-order valence-electron chi connectivity index (χ2n) is 9.71. The molecule has 8 nitrogen and oxygen atoms in total. The summed E-state index contributed by atoms with van der Waals surface area (Å²) in [5, 5.41) is 5.12. The molecule has 0 bridgehead atoms. The number of nitrogens with one attached hydrogen (secondary N) is 2. The van der Waals surface area contributed by atoms with Crippen molar-refractivity contribution in [3.05, 3.63) is 52.5 Å². The molecule has 37 heavy (non-hydrogen) atoms. The highest BCUT2D eigenvalue weighted by Crippen LogP contribution is 2.30. The van der Waals surface area contributed by atoms with Crippen molar-refractivity contribution >= 4 is 55.9 Å². The van der Waals surface area contributed by atoms with Gasteiger partial charge in [-0.15, -0.1) is 0 Å². The highest BCUT2D eigenvalue weighted by atomic mass is 35.5. The Kier molecular flexibility index (Phi) is 8.36. The summed E-state index contributed by atoms with van der Waals surface area (Å²) in [6, 6.07) is 12.5. The van der Waals surface area contributed by atoms with Crippen LogP contribution in [-0.4, -0.2) is 57.8 Å². The number of hydrogen-bond donors (Lipinski definition) is 2. The van der Waals surface area contributed by atoms with Crippen molar-refractivity contribution in [2.45, 2.75) is 30.6 Å². The Labute approximate surface area is 227 Å². The number of halogens is 2. The molecule has 1 saturated heterocycles. The van der Waals surface area contributed by atoms with E-state index < -0.39 is 10.0 Å². The Balaban J connectivity index is 1.15. The molecule has 2 N–H and O–H groups in total. The smallest absolute Gasteiger partial charge is 0.240 e. The molecule has 2 fully saturated rings. The lowest BCUT2D eigenvalue weighted by Gasteiger charge is -2.30. The van der Waals surface area contributed by atoms with Crippen molar-refractivity contribution in [3.63, 3.8) is 0 Å². The zero-order chi connectivity index (χ0) is 25.8. The summed E-state index contributed by atoms with van der Waals surface area (Å²) in [7, 11) is -3.66. The van der Waals surface area contributed by atoms with Gasteiger partial charge in [0, 0.05) is 41.6 Å². The van der Waals surface area contributed by atoms with Crippen molar-refractivity contribution in [2.24, 2.45) is 11.8 Å². The summed E-state index contributed by atoms with van der Waals surface area (Å²) >= 11 is 11.9. The monoisotopic (exact) mass is 563 g/mol. The first kappa shape index (κ1) is 26.4. The van der Waals surface area contributed by atoms with E-state index in [1.165, 1.54) is 18.2 Å². The van der Waals surface area contributed by atoms with E-state index >= 15 is 0 Å². The van der Waals surface area contributed by atoms with Crippen LogP contribution in [0.1, 0.15) is 25.7 Å². The lowest BCUT2D eigenvalue weighted by molar-refractivity contribution is 0.122. The quantitative estimate of drug-likeness (QED) is 0.399. The normalized spacial score (nSPS) is 20.8. The molecular formula is C26H31Cl2N5O3S. The van der Waals surface area contributed by atoms with Crippen molar-refractivity contribution in [1.82, 2.24) is 14.7 Å². The van der Waals surface area contributed by atoms with E-state index in [1.807, 2.05) is 18.2 Å². The third kappa shape index (κ3) is 6.64. The molecule has 1 aliphatic heterocycles. The van der Waals surface area contributed by atoms with E-state index in [2.05, 4.69) is 21.0 Å². The van der Waals surface area contributed by atoms with E-state index in [9.17, 15) is 8.42 Å². The fourth-order valence-electron chi connectivity index (χ4n) is 5.03. The van der Waals surface area contributed by atoms with Gasteiger partial charge in [0.05, 0.1) is 23.6 Å². The number of hydrogen-bond acceptors (Lipinski definition) is 7. The maximum atomic E-state index is 12.7. The first-order chi connectivity index (χ1) is 17.9. The number of morpholine rings is 1. The van der Waals surface area contributed by atoms with Crippen molar-refractivity contribution in [3.8, 4) is 0 Å². The van der Waals surface area contributed by atoms with Crippen molar-refractivity contribution in [1.29, 1.82) is 0 Å². The van der Waals surface area contributed by atoms with Gasteiger partial charge >= 0.3 is 0 Å². The number of nitrogens with zero attached hydrogens (tertiary/aromatic N) is 3. The molecule has 0 radical (unpaired) electrons. The predicted octanol–water partition coefficient (Wildman–Crippen LogP) is 4.97. The van der Waals surface area contributed by atoms with Crippen molar-refractivity contribution < 1.29 is 13.2 Å². The highest BCUT2D eigenvalue weighted by Gasteiger charge is 2.24. The Hall–Kier alpha value is -2.17. The molecule has 0 unspecified atom stereocenters. The molecule has 2 aromatic carbocycles. The minimum Gasteiger partial charge on any atom is -0.378 e. The summed E-state index contributed by atoms with van der Waals surface area (Å²) in [5.74, 6) is 2.38. The number of aromatic nitrogens is 2. The molecule has 11 heteroatoms. The largest absolute Gasteiger partial charge is 0.378 e. The molecule has 1 aromatic heterocycles. The van der Waals surface area contributed by atoms with Gasteiger partial charge in [-0.3, -0.25) is 0 Å². The van der Waals surface area contributed by atoms with E-state index in [-0.39, 0.29) is 4.90 Å². The number of rotatable bonds is 8. The van der Waals surface area contributed by atoms with E-state index in [4.69, 9.17) is 37.9 Å². The lowest BCUT2D eigenvalue weighted by atomic mass is 9.82. The molecule has 2 aliphatic rings. The minimum absolute atomic E-state index is 0.0923. The zero-order valence-electron chi connectivity index (χ0n) is 20.5. The second kappa shape index (κ2) is 11.7. The van der Waals surface area contributed by atoms with Crippen LogP contribution in [0.2, 0.25) is 10.0 Å². The Morgan fingerprint density at radius 3 is 2.27 bits per heavy atom. The highest BCUT2D eigenvalue weighted by molar-refractivity contribution is 7.89. The van der Waals surface area contributed by atoms with Crippen LogP contribution in [0, 0.1) is 11.8 Å². The number of para-hydroxylation sites is 1. The van der Waals surface area contributed by atoms with Crippen LogP contribution >= 0.6 is 23.2 Å². The average Bonchev–Trinajstić information content (AvgIpc) is 2.91. The first-order valence-electron chi connectivity index (χ1n) is 12.7. The van der Waals surface area contributed by atoms with Gasteiger partial charge in [-0.2, -0.15) is 4.98 Å². The van der Waals surface area contributed by atoms with E-state index in [0.717, 1.165) is 62.0 Å². The van der Waals surface area contributed by atoms with Gasteiger partial charge in [0.15, 0.2) is 0 Å². The molecule has 5 rings (SSSR count). The van der Waals surface area contributed by atoms with Gasteiger partial charge in [-0.05, 0) is 67.9 Å². The summed E-state index contributed by atoms with van der Waals surface area (Å²) < 4.78 is 33.6. The van der Waals surface area contributed by atoms with Gasteiger partial charge in [0.2, 0.25) is 16.0 Å². The van der Waals surface area contributed by atoms with Gasteiger partial charge in [-0.1, -0.05) is 35.3 Å². The molecule has 1 saturated carbocycles. The standard InChI is InChI=1S/C26H31Cl2N5O3S/c27-20-13-21(28)15-22(14-20)37(34,35)30-17-19-7-5-18(6-8-19)16-29-26-31-24-4-2-1-3-23(24)25(32-26)33-9-11-36-12-10-33/h1-4,13-15,18-19,30H,5-12,16-17H2,(H,29,31,32). The van der Waals surface area contributed by atoms with Gasteiger partial charge in [0.25, 0.3) is 0 Å². The third-order valence-electron chi connectivity index (χ3n) is 7.12. The predicted molar refractivity (Wildman–Crippen MR) is 148 cm³/mol. The summed E-state index contributed by atoms with van der Waals surface area (Å²) in [6.07, 6.45) is 3.96. The van der Waals surface area contributed by atoms with Gasteiger partial charge in [0.1, 0.15) is 5.82 Å². The van der Waals surface area contributed by atoms with E-state index in [1.54, 1.807) is 0 Å². The molecule has 1 aliphatic carbocycles. The van der Waals surface area contributed by atoms with E-state index in [0.29, 0.717) is 47.6 Å². The lowest BCUT2D eigenvalue weighted by Crippen LogP contribution is -2.37. The van der Waals surface area contributed by atoms with Crippen LogP contribution in [0.3, 0.4) is 0 Å². The van der Waals surface area contributed by atoms with Crippen molar-refractivity contribution in [2.75, 3.05) is 49.6 Å². The maximum Gasteiger partial charge on any atom is 0.240 e. The fourth-order valence-corrected chi connectivity index (χ4v) is 6.87.